The number of aryl methyl sites for hydroxylation is 1. The smallest absolute Gasteiger partial charge is 0.169 e. The second kappa shape index (κ2) is 14.8. The Kier molecular flexibility index (Phi) is 10.2. The summed E-state index contributed by atoms with van der Waals surface area (Å²) in [5, 5.41) is 18.7. The first-order valence-corrected chi connectivity index (χ1v) is 16.8. The molecule has 1 fully saturated rings. The minimum absolute atomic E-state index is 0.174. The summed E-state index contributed by atoms with van der Waals surface area (Å²) < 4.78 is 6.10. The van der Waals surface area contributed by atoms with Crippen LogP contribution in [0.15, 0.2) is 78.3 Å². The van der Waals surface area contributed by atoms with Gasteiger partial charge in [-0.2, -0.15) is 0 Å². The largest absolute Gasteiger partial charge is 0.507 e. The first-order chi connectivity index (χ1) is 22.9. The number of aromatic hydroxyl groups is 1. The molecule has 10 nitrogen and oxygen atoms in total. The fourth-order valence-electron chi connectivity index (χ4n) is 5.99. The molecule has 11 heteroatoms. The van der Waals surface area contributed by atoms with E-state index in [9.17, 15) is 5.11 Å². The number of anilines is 3. The van der Waals surface area contributed by atoms with Crippen molar-refractivity contribution in [2.24, 2.45) is 5.73 Å². The van der Waals surface area contributed by atoms with Crippen LogP contribution in [-0.2, 0) is 13.1 Å². The quantitative estimate of drug-likeness (QED) is 0.148. The first kappa shape index (κ1) is 32.2. The Morgan fingerprint density at radius 1 is 0.979 bits per heavy atom. The predicted octanol–water partition coefficient (Wildman–Crippen LogP) is 5.55. The zero-order chi connectivity index (χ0) is 32.8. The number of nitrogens with two attached hydrogens (primary N) is 2. The number of piperazine rings is 1. The molecule has 0 amide bonds. The lowest BCUT2D eigenvalue weighted by atomic mass is 10.1. The number of ether oxygens (including phenoxy) is 1. The average molecular weight is 651 g/mol. The van der Waals surface area contributed by atoms with Crippen LogP contribution in [0.4, 0.5) is 17.2 Å². The predicted molar refractivity (Wildman–Crippen MR) is 191 cm³/mol. The van der Waals surface area contributed by atoms with Gasteiger partial charge in [0.25, 0.3) is 0 Å². The van der Waals surface area contributed by atoms with E-state index in [0.717, 1.165) is 74.1 Å². The zero-order valence-corrected chi connectivity index (χ0v) is 27.8. The molecule has 244 valence electrons. The van der Waals surface area contributed by atoms with Gasteiger partial charge < -0.3 is 31.1 Å². The monoisotopic (exact) mass is 650 g/mol. The van der Waals surface area contributed by atoms with Gasteiger partial charge in [0.15, 0.2) is 5.82 Å². The normalized spacial score (nSPS) is 13.6. The summed E-state index contributed by atoms with van der Waals surface area (Å²) in [7, 11) is 2.11. The number of nitrogen functional groups attached to an aromatic ring is 1. The third kappa shape index (κ3) is 7.65. The minimum Gasteiger partial charge on any atom is -0.507 e. The summed E-state index contributed by atoms with van der Waals surface area (Å²) in [4.78, 5) is 12.6. The van der Waals surface area contributed by atoms with Crippen molar-refractivity contribution in [3.8, 4) is 33.2 Å². The SMILES string of the molecule is Cc1ncsc1-c1ccc(CN)c(N(C)CCCOc2ccc(CN3CCN(c4cc(-c5ccccc5O)nnc4N)CC3)cc2)c1. The Morgan fingerprint density at radius 2 is 1.77 bits per heavy atom. The number of rotatable bonds is 12. The Morgan fingerprint density at radius 3 is 2.49 bits per heavy atom. The van der Waals surface area contributed by atoms with E-state index in [4.69, 9.17) is 16.2 Å². The number of hydrogen-bond donors (Lipinski definition) is 3. The third-order valence-electron chi connectivity index (χ3n) is 8.65. The van der Waals surface area contributed by atoms with E-state index < -0.39 is 0 Å². The van der Waals surface area contributed by atoms with Crippen molar-refractivity contribution in [1.82, 2.24) is 20.1 Å². The number of phenolic OH excluding ortho intramolecular Hbond substituents is 1. The van der Waals surface area contributed by atoms with E-state index in [1.165, 1.54) is 16.0 Å². The molecule has 1 aliphatic rings. The van der Waals surface area contributed by atoms with Crippen molar-refractivity contribution < 1.29 is 9.84 Å². The summed E-state index contributed by atoms with van der Waals surface area (Å²) in [5.74, 6) is 1.46. The molecule has 1 aliphatic heterocycles. The molecule has 0 unspecified atom stereocenters. The highest BCUT2D eigenvalue weighted by Crippen LogP contribution is 2.33. The number of thiazole rings is 1. The maximum absolute atomic E-state index is 10.3. The molecule has 47 heavy (non-hydrogen) atoms. The number of phenols is 1. The van der Waals surface area contributed by atoms with Crippen molar-refractivity contribution >= 4 is 28.5 Å². The molecule has 3 aromatic carbocycles. The molecule has 0 radical (unpaired) electrons. The van der Waals surface area contributed by atoms with E-state index in [1.807, 2.05) is 30.6 Å². The summed E-state index contributed by atoms with van der Waals surface area (Å²) >= 11 is 1.67. The fourth-order valence-corrected chi connectivity index (χ4v) is 6.79. The molecular formula is C36H42N8O2S. The Balaban J connectivity index is 0.965. The summed E-state index contributed by atoms with van der Waals surface area (Å²) in [6.07, 6.45) is 0.891. The van der Waals surface area contributed by atoms with Crippen molar-refractivity contribution in [2.75, 3.05) is 61.9 Å². The van der Waals surface area contributed by atoms with Crippen molar-refractivity contribution in [2.45, 2.75) is 26.4 Å². The van der Waals surface area contributed by atoms with Crippen LogP contribution in [0.1, 0.15) is 23.2 Å². The highest BCUT2D eigenvalue weighted by molar-refractivity contribution is 7.13. The second-order valence-electron chi connectivity index (χ2n) is 11.9. The lowest BCUT2D eigenvalue weighted by Crippen LogP contribution is -2.46. The molecule has 0 bridgehead atoms. The zero-order valence-electron chi connectivity index (χ0n) is 27.0. The average Bonchev–Trinajstić information content (AvgIpc) is 3.53. The van der Waals surface area contributed by atoms with Gasteiger partial charge in [0, 0.05) is 64.1 Å². The van der Waals surface area contributed by atoms with Crippen LogP contribution in [0.5, 0.6) is 11.5 Å². The standard InChI is InChI=1S/C36H42N8O2S/c1-25-35(47-24-39-25)27-10-11-28(22-37)32(20-27)42(2)14-5-19-46-29-12-8-26(9-13-29)23-43-15-17-44(18-16-43)33-21-31(40-41-36(33)38)30-6-3-4-7-34(30)45/h3-4,6-13,20-21,24,45H,5,14-19,22-23,37H2,1-2H3,(H2,38,41). The maximum atomic E-state index is 10.3. The number of hydrogen-bond acceptors (Lipinski definition) is 11. The van der Waals surface area contributed by atoms with Gasteiger partial charge in [-0.3, -0.25) is 4.90 Å². The highest BCUT2D eigenvalue weighted by atomic mass is 32.1. The van der Waals surface area contributed by atoms with Gasteiger partial charge in [0.05, 0.1) is 34.1 Å². The first-order valence-electron chi connectivity index (χ1n) is 15.9. The lowest BCUT2D eigenvalue weighted by Gasteiger charge is -2.36. The maximum Gasteiger partial charge on any atom is 0.169 e. The van der Waals surface area contributed by atoms with Crippen LogP contribution in [0.25, 0.3) is 21.7 Å². The molecule has 0 atom stereocenters. The highest BCUT2D eigenvalue weighted by Gasteiger charge is 2.21. The molecule has 6 rings (SSSR count). The van der Waals surface area contributed by atoms with Gasteiger partial charge >= 0.3 is 0 Å². The minimum atomic E-state index is 0.174. The molecule has 0 aliphatic carbocycles. The molecule has 0 spiro atoms. The van der Waals surface area contributed by atoms with E-state index in [-0.39, 0.29) is 5.75 Å². The molecule has 5 N–H and O–H groups in total. The number of aromatic nitrogens is 3. The van der Waals surface area contributed by atoms with E-state index in [2.05, 4.69) is 79.4 Å². The number of nitrogens with zero attached hydrogens (tertiary/aromatic N) is 6. The van der Waals surface area contributed by atoms with Crippen LogP contribution < -0.4 is 26.0 Å². The van der Waals surface area contributed by atoms with Gasteiger partial charge in [-0.15, -0.1) is 21.5 Å². The fraction of sp³-hybridized carbons (Fsp3) is 0.306. The third-order valence-corrected chi connectivity index (χ3v) is 9.63. The summed E-state index contributed by atoms with van der Waals surface area (Å²) in [5.41, 5.74) is 22.1. The lowest BCUT2D eigenvalue weighted by molar-refractivity contribution is 0.249. The summed E-state index contributed by atoms with van der Waals surface area (Å²) in [6.45, 7) is 8.37. The Hall–Kier alpha value is -4.71. The van der Waals surface area contributed by atoms with E-state index >= 15 is 0 Å². The Labute approximate surface area is 280 Å². The van der Waals surface area contributed by atoms with Crippen LogP contribution in [0.3, 0.4) is 0 Å². The second-order valence-corrected chi connectivity index (χ2v) is 12.7. The van der Waals surface area contributed by atoms with Crippen LogP contribution in [-0.4, -0.2) is 71.6 Å². The van der Waals surface area contributed by atoms with Gasteiger partial charge in [-0.25, -0.2) is 4.98 Å². The van der Waals surface area contributed by atoms with Gasteiger partial charge in [-0.1, -0.05) is 36.4 Å². The topological polar surface area (TPSA) is 130 Å². The van der Waals surface area contributed by atoms with E-state index in [0.29, 0.717) is 30.2 Å². The van der Waals surface area contributed by atoms with E-state index in [1.54, 1.807) is 23.5 Å². The molecular weight excluding hydrogens is 609 g/mol. The van der Waals surface area contributed by atoms with Gasteiger partial charge in [0.1, 0.15) is 11.5 Å². The van der Waals surface area contributed by atoms with Crippen molar-refractivity contribution in [3.05, 3.63) is 95.1 Å². The molecule has 2 aromatic heterocycles. The number of benzene rings is 3. The van der Waals surface area contributed by atoms with Crippen LogP contribution >= 0.6 is 11.3 Å². The van der Waals surface area contributed by atoms with Crippen molar-refractivity contribution in [1.29, 1.82) is 0 Å². The van der Waals surface area contributed by atoms with Crippen LogP contribution in [0, 0.1) is 6.92 Å². The van der Waals surface area contributed by atoms with Crippen LogP contribution in [0.2, 0.25) is 0 Å². The number of para-hydroxylation sites is 1. The summed E-state index contributed by atoms with van der Waals surface area (Å²) in [6, 6.07) is 24.0. The van der Waals surface area contributed by atoms with Gasteiger partial charge in [-0.05, 0) is 66.4 Å². The van der Waals surface area contributed by atoms with Crippen molar-refractivity contribution in [3.63, 3.8) is 0 Å². The molecule has 3 heterocycles. The molecule has 0 saturated carbocycles. The van der Waals surface area contributed by atoms with Gasteiger partial charge in [0.2, 0.25) is 0 Å². The Bertz CT molecular complexity index is 1790. The molecule has 1 saturated heterocycles. The molecule has 5 aromatic rings.